The van der Waals surface area contributed by atoms with E-state index in [0.29, 0.717) is 6.42 Å². The summed E-state index contributed by atoms with van der Waals surface area (Å²) in [6, 6.07) is 12.7. The van der Waals surface area contributed by atoms with Crippen molar-refractivity contribution in [1.82, 2.24) is 9.62 Å². The third-order valence-corrected chi connectivity index (χ3v) is 7.88. The van der Waals surface area contributed by atoms with Gasteiger partial charge < -0.3 is 9.64 Å². The number of anilines is 1. The van der Waals surface area contributed by atoms with Crippen molar-refractivity contribution in [2.24, 2.45) is 0 Å². The number of hydrogen-bond acceptors (Lipinski definition) is 5. The van der Waals surface area contributed by atoms with Crippen molar-refractivity contribution in [2.75, 3.05) is 31.6 Å². The third kappa shape index (κ3) is 4.40. The van der Waals surface area contributed by atoms with Gasteiger partial charge in [-0.2, -0.15) is 0 Å². The summed E-state index contributed by atoms with van der Waals surface area (Å²) >= 11 is 0. The van der Waals surface area contributed by atoms with Crippen LogP contribution in [0.1, 0.15) is 43.9 Å². The lowest BCUT2D eigenvalue weighted by molar-refractivity contribution is -0.116. The minimum absolute atomic E-state index is 0.0264. The zero-order chi connectivity index (χ0) is 22.9. The fourth-order valence-corrected chi connectivity index (χ4v) is 6.05. The Labute approximate surface area is 190 Å². The molecule has 8 heteroatoms. The first-order chi connectivity index (χ1) is 15.3. The highest BCUT2D eigenvalue weighted by Crippen LogP contribution is 2.35. The van der Waals surface area contributed by atoms with Crippen LogP contribution in [-0.2, 0) is 21.2 Å². The zero-order valence-corrected chi connectivity index (χ0v) is 19.7. The van der Waals surface area contributed by atoms with Gasteiger partial charge in [-0.05, 0) is 69.1 Å². The number of carbonyl (C=O) groups excluding carboxylic acids is 1. The summed E-state index contributed by atoms with van der Waals surface area (Å²) in [5.74, 6) is 0.731. The van der Waals surface area contributed by atoms with Crippen molar-refractivity contribution < 1.29 is 17.9 Å². The van der Waals surface area contributed by atoms with Crippen molar-refractivity contribution in [3.8, 4) is 5.75 Å². The van der Waals surface area contributed by atoms with Gasteiger partial charge in [0.15, 0.2) is 0 Å². The number of rotatable bonds is 7. The molecule has 2 aliphatic rings. The summed E-state index contributed by atoms with van der Waals surface area (Å²) in [6.07, 6.45) is 2.86. The second kappa shape index (κ2) is 9.21. The summed E-state index contributed by atoms with van der Waals surface area (Å²) in [7, 11) is -2.07. The Kier molecular flexibility index (Phi) is 6.55. The Morgan fingerprint density at radius 3 is 2.59 bits per heavy atom. The van der Waals surface area contributed by atoms with E-state index in [0.717, 1.165) is 48.5 Å². The summed E-state index contributed by atoms with van der Waals surface area (Å²) in [5.41, 5.74) is 2.67. The van der Waals surface area contributed by atoms with Crippen LogP contribution in [0, 0.1) is 0 Å². The van der Waals surface area contributed by atoms with E-state index in [4.69, 9.17) is 4.74 Å². The van der Waals surface area contributed by atoms with Gasteiger partial charge in [0.1, 0.15) is 5.75 Å². The SMILES string of the molecule is COc1ccccc1[C@@H](CNS(=O)(=O)c1ccc2c(c1)C[C@H](C)N2C(C)=O)N1CCCC1. The van der Waals surface area contributed by atoms with E-state index in [1.54, 1.807) is 30.2 Å². The van der Waals surface area contributed by atoms with E-state index in [1.807, 2.05) is 31.2 Å². The largest absolute Gasteiger partial charge is 0.496 e. The third-order valence-electron chi connectivity index (χ3n) is 6.46. The molecule has 1 fully saturated rings. The normalized spacial score (nSPS) is 19.7. The first-order valence-electron chi connectivity index (χ1n) is 11.1. The molecule has 2 aromatic rings. The number of para-hydroxylation sites is 1. The molecule has 32 heavy (non-hydrogen) atoms. The maximum absolute atomic E-state index is 13.2. The van der Waals surface area contributed by atoms with E-state index >= 15 is 0 Å². The molecule has 1 amide bonds. The van der Waals surface area contributed by atoms with E-state index in [2.05, 4.69) is 9.62 Å². The average molecular weight is 458 g/mol. The molecule has 0 radical (unpaired) electrons. The molecular weight excluding hydrogens is 426 g/mol. The van der Waals surface area contributed by atoms with Crippen LogP contribution in [0.3, 0.4) is 0 Å². The quantitative estimate of drug-likeness (QED) is 0.691. The number of hydrogen-bond donors (Lipinski definition) is 1. The standard InChI is InChI=1S/C24H31N3O4S/c1-17-14-19-15-20(10-11-22(19)27(17)18(2)28)32(29,30)25-16-23(26-12-6-7-13-26)21-8-4-5-9-24(21)31-3/h4-5,8-11,15,17,23,25H,6-7,12-14,16H2,1-3H3/t17-,23+/m0/s1. The van der Waals surface area contributed by atoms with Crippen molar-refractivity contribution in [1.29, 1.82) is 0 Å². The van der Waals surface area contributed by atoms with E-state index in [9.17, 15) is 13.2 Å². The van der Waals surface area contributed by atoms with Gasteiger partial charge in [-0.25, -0.2) is 13.1 Å². The molecule has 7 nitrogen and oxygen atoms in total. The molecule has 0 aliphatic carbocycles. The topological polar surface area (TPSA) is 79.0 Å². The van der Waals surface area contributed by atoms with Gasteiger partial charge in [0, 0.05) is 30.8 Å². The minimum atomic E-state index is -3.71. The molecule has 0 spiro atoms. The van der Waals surface area contributed by atoms with Gasteiger partial charge in [-0.3, -0.25) is 9.69 Å². The van der Waals surface area contributed by atoms with Gasteiger partial charge in [0.25, 0.3) is 0 Å². The Balaban J connectivity index is 1.57. The molecule has 1 saturated heterocycles. The smallest absolute Gasteiger partial charge is 0.240 e. The summed E-state index contributed by atoms with van der Waals surface area (Å²) in [4.78, 5) is 16.2. The molecule has 2 heterocycles. The van der Waals surface area contributed by atoms with Gasteiger partial charge in [-0.15, -0.1) is 0 Å². The molecule has 2 atom stereocenters. The lowest BCUT2D eigenvalue weighted by atomic mass is 10.0. The number of sulfonamides is 1. The van der Waals surface area contributed by atoms with Crippen LogP contribution in [-0.4, -0.2) is 52.0 Å². The molecular formula is C24H31N3O4S. The van der Waals surface area contributed by atoms with E-state index < -0.39 is 10.0 Å². The van der Waals surface area contributed by atoms with Crippen LogP contribution in [0.4, 0.5) is 5.69 Å². The molecule has 172 valence electrons. The maximum atomic E-state index is 13.2. The number of ether oxygens (including phenoxy) is 1. The molecule has 0 saturated carbocycles. The predicted molar refractivity (Wildman–Crippen MR) is 124 cm³/mol. The van der Waals surface area contributed by atoms with Crippen molar-refractivity contribution >= 4 is 21.6 Å². The number of nitrogens with zero attached hydrogens (tertiary/aromatic N) is 2. The molecule has 0 bridgehead atoms. The molecule has 2 aromatic carbocycles. The van der Waals surface area contributed by atoms with Crippen molar-refractivity contribution in [3.05, 3.63) is 53.6 Å². The summed E-state index contributed by atoms with van der Waals surface area (Å²) in [5, 5.41) is 0. The number of benzene rings is 2. The average Bonchev–Trinajstić information content (AvgIpc) is 3.40. The Morgan fingerprint density at radius 1 is 1.19 bits per heavy atom. The second-order valence-electron chi connectivity index (χ2n) is 8.59. The molecule has 0 unspecified atom stereocenters. The minimum Gasteiger partial charge on any atom is -0.496 e. The van der Waals surface area contributed by atoms with Crippen LogP contribution in [0.15, 0.2) is 47.4 Å². The van der Waals surface area contributed by atoms with Crippen LogP contribution in [0.2, 0.25) is 0 Å². The number of nitrogens with one attached hydrogen (secondary N) is 1. The number of fused-ring (bicyclic) bond motifs is 1. The van der Waals surface area contributed by atoms with Crippen LogP contribution >= 0.6 is 0 Å². The summed E-state index contributed by atoms with van der Waals surface area (Å²) in [6.45, 7) is 5.63. The van der Waals surface area contributed by atoms with Gasteiger partial charge in [0.05, 0.1) is 18.0 Å². The fourth-order valence-electron chi connectivity index (χ4n) is 4.96. The molecule has 2 aliphatic heterocycles. The van der Waals surface area contributed by atoms with E-state index in [-0.39, 0.29) is 29.4 Å². The van der Waals surface area contributed by atoms with Crippen LogP contribution < -0.4 is 14.4 Å². The molecule has 1 N–H and O–H groups in total. The van der Waals surface area contributed by atoms with E-state index in [1.165, 1.54) is 6.92 Å². The van der Waals surface area contributed by atoms with Crippen molar-refractivity contribution in [3.63, 3.8) is 0 Å². The molecule has 0 aromatic heterocycles. The Morgan fingerprint density at radius 2 is 1.91 bits per heavy atom. The number of carbonyl (C=O) groups is 1. The summed E-state index contributed by atoms with van der Waals surface area (Å²) < 4.78 is 34.8. The zero-order valence-electron chi connectivity index (χ0n) is 18.9. The van der Waals surface area contributed by atoms with Gasteiger partial charge in [0.2, 0.25) is 15.9 Å². The maximum Gasteiger partial charge on any atom is 0.240 e. The van der Waals surface area contributed by atoms with Crippen LogP contribution in [0.25, 0.3) is 0 Å². The number of methoxy groups -OCH3 is 1. The Hall–Kier alpha value is -2.42. The Bertz CT molecular complexity index is 1100. The number of likely N-dealkylation sites (tertiary alicyclic amines) is 1. The molecule has 4 rings (SSSR count). The highest BCUT2D eigenvalue weighted by molar-refractivity contribution is 7.89. The predicted octanol–water partition coefficient (Wildman–Crippen LogP) is 3.11. The lowest BCUT2D eigenvalue weighted by Gasteiger charge is -2.29. The van der Waals surface area contributed by atoms with Crippen molar-refractivity contribution in [2.45, 2.75) is 50.1 Å². The fraction of sp³-hybridized carbons (Fsp3) is 0.458. The number of amides is 1. The first-order valence-corrected chi connectivity index (χ1v) is 12.6. The van der Waals surface area contributed by atoms with Gasteiger partial charge in [-0.1, -0.05) is 18.2 Å². The second-order valence-corrected chi connectivity index (χ2v) is 10.4. The van der Waals surface area contributed by atoms with Crippen LogP contribution in [0.5, 0.6) is 5.75 Å². The highest BCUT2D eigenvalue weighted by atomic mass is 32.2. The first kappa shape index (κ1) is 22.8. The highest BCUT2D eigenvalue weighted by Gasteiger charge is 2.31. The monoisotopic (exact) mass is 457 g/mol. The van der Waals surface area contributed by atoms with Gasteiger partial charge >= 0.3 is 0 Å². The lowest BCUT2D eigenvalue weighted by Crippen LogP contribution is -2.37.